The molecule has 23 heavy (non-hydrogen) atoms. The maximum absolute atomic E-state index is 12.4. The van der Waals surface area contributed by atoms with Crippen molar-refractivity contribution in [2.24, 2.45) is 5.73 Å². The minimum Gasteiger partial charge on any atom is -0.483 e. The molecule has 0 heterocycles. The van der Waals surface area contributed by atoms with Gasteiger partial charge in [-0.1, -0.05) is 45.7 Å². The predicted molar refractivity (Wildman–Crippen MR) is 93.6 cm³/mol. The number of ether oxygens (including phenoxy) is 1. The average Bonchev–Trinajstić information content (AvgIpc) is 2.52. The second kappa shape index (κ2) is 7.94. The van der Waals surface area contributed by atoms with Crippen molar-refractivity contribution in [1.29, 1.82) is 0 Å². The summed E-state index contributed by atoms with van der Waals surface area (Å²) in [6, 6.07) is 12.0. The number of halogens is 2. The van der Waals surface area contributed by atoms with E-state index in [4.69, 9.17) is 22.1 Å². The Bertz CT molecular complexity index is 757. The number of amides is 1. The Hall–Kier alpha value is -2.11. The molecule has 0 spiro atoms. The number of hydrogen-bond donors (Lipinski definition) is 1. The summed E-state index contributed by atoms with van der Waals surface area (Å²) >= 11 is 9.13. The zero-order valence-corrected chi connectivity index (χ0v) is 14.3. The molecule has 0 bridgehead atoms. The largest absolute Gasteiger partial charge is 0.483 e. The van der Waals surface area contributed by atoms with Gasteiger partial charge >= 0.3 is 0 Å². The molecule has 2 aromatic rings. The maximum Gasteiger partial charge on any atom is 0.255 e. The molecule has 0 aliphatic carbocycles. The summed E-state index contributed by atoms with van der Waals surface area (Å²) in [7, 11) is 0. The van der Waals surface area contributed by atoms with E-state index in [0.29, 0.717) is 16.3 Å². The molecule has 0 atom stereocenters. The Morgan fingerprint density at radius 1 is 1.17 bits per heavy atom. The second-order valence-corrected chi connectivity index (χ2v) is 6.00. The van der Waals surface area contributed by atoms with E-state index in [-0.39, 0.29) is 12.4 Å². The van der Waals surface area contributed by atoms with Crippen LogP contribution < -0.4 is 10.5 Å². The van der Waals surface area contributed by atoms with Gasteiger partial charge in [0.05, 0.1) is 5.56 Å². The van der Waals surface area contributed by atoms with Gasteiger partial charge in [-0.3, -0.25) is 9.59 Å². The first-order valence-corrected chi connectivity index (χ1v) is 7.81. The number of carbonyl (C=O) groups excluding carboxylic acids is 2. The van der Waals surface area contributed by atoms with Crippen LogP contribution in [0.5, 0.6) is 5.75 Å². The zero-order chi connectivity index (χ0) is 16.8. The van der Waals surface area contributed by atoms with Crippen LogP contribution in [0, 0.1) is 0 Å². The van der Waals surface area contributed by atoms with Crippen LogP contribution in [0.2, 0.25) is 5.02 Å². The molecule has 0 saturated heterocycles. The molecule has 4 nitrogen and oxygen atoms in total. The lowest BCUT2D eigenvalue weighted by Crippen LogP contribution is -2.20. The lowest BCUT2D eigenvalue weighted by Gasteiger charge is -2.08. The van der Waals surface area contributed by atoms with Crippen LogP contribution in [-0.4, -0.2) is 18.3 Å². The topological polar surface area (TPSA) is 69.4 Å². The van der Waals surface area contributed by atoms with Gasteiger partial charge in [-0.25, -0.2) is 0 Å². The average molecular weight is 395 g/mol. The fourth-order valence-electron chi connectivity index (χ4n) is 1.81. The third-order valence-electron chi connectivity index (χ3n) is 2.87. The molecule has 0 aromatic heterocycles. The van der Waals surface area contributed by atoms with Crippen LogP contribution in [-0.2, 0) is 4.79 Å². The quantitative estimate of drug-likeness (QED) is 0.597. The van der Waals surface area contributed by atoms with Crippen LogP contribution in [0.4, 0.5) is 0 Å². The van der Waals surface area contributed by atoms with Gasteiger partial charge in [0.1, 0.15) is 5.75 Å². The first kappa shape index (κ1) is 17.2. The van der Waals surface area contributed by atoms with E-state index in [1.165, 1.54) is 6.08 Å². The Morgan fingerprint density at radius 2 is 1.87 bits per heavy atom. The summed E-state index contributed by atoms with van der Waals surface area (Å²) in [5.41, 5.74) is 6.24. The number of ketones is 1. The molecular formula is C17H13BrClNO3. The number of rotatable bonds is 6. The van der Waals surface area contributed by atoms with Crippen LogP contribution in [0.25, 0.3) is 6.08 Å². The third kappa shape index (κ3) is 5.23. The minimum atomic E-state index is -0.608. The number of carbonyl (C=O) groups is 2. The van der Waals surface area contributed by atoms with Crippen molar-refractivity contribution < 1.29 is 14.3 Å². The SMILES string of the molecule is NC(=O)COc1ccc(Br)cc1C(=O)/C=C/c1ccc(Cl)cc1. The van der Waals surface area contributed by atoms with Crippen LogP contribution in [0.1, 0.15) is 15.9 Å². The molecule has 0 radical (unpaired) electrons. The van der Waals surface area contributed by atoms with E-state index >= 15 is 0 Å². The fraction of sp³-hybridized carbons (Fsp3) is 0.0588. The summed E-state index contributed by atoms with van der Waals surface area (Å²) in [5.74, 6) is -0.554. The minimum absolute atomic E-state index is 0.249. The molecule has 2 aromatic carbocycles. The van der Waals surface area contributed by atoms with Crippen molar-refractivity contribution in [1.82, 2.24) is 0 Å². The fourth-order valence-corrected chi connectivity index (χ4v) is 2.29. The summed E-state index contributed by atoms with van der Waals surface area (Å²) in [5, 5.41) is 0.627. The summed E-state index contributed by atoms with van der Waals surface area (Å²) in [6.45, 7) is -0.289. The summed E-state index contributed by atoms with van der Waals surface area (Å²) in [6.07, 6.45) is 3.11. The van der Waals surface area contributed by atoms with Crippen LogP contribution >= 0.6 is 27.5 Å². The first-order valence-electron chi connectivity index (χ1n) is 6.64. The Kier molecular flexibility index (Phi) is 5.96. The Morgan fingerprint density at radius 3 is 2.52 bits per heavy atom. The van der Waals surface area contributed by atoms with Crippen LogP contribution in [0.15, 0.2) is 53.0 Å². The highest BCUT2D eigenvalue weighted by atomic mass is 79.9. The van der Waals surface area contributed by atoms with E-state index in [0.717, 1.165) is 10.0 Å². The summed E-state index contributed by atoms with van der Waals surface area (Å²) in [4.78, 5) is 23.2. The third-order valence-corrected chi connectivity index (χ3v) is 3.62. The number of primary amides is 1. The molecule has 2 N–H and O–H groups in total. The number of hydrogen-bond acceptors (Lipinski definition) is 3. The van der Waals surface area contributed by atoms with Crippen molar-refractivity contribution in [2.75, 3.05) is 6.61 Å². The lowest BCUT2D eigenvalue weighted by atomic mass is 10.1. The highest BCUT2D eigenvalue weighted by molar-refractivity contribution is 9.10. The van der Waals surface area contributed by atoms with Gasteiger partial charge in [-0.2, -0.15) is 0 Å². The molecule has 0 unspecified atom stereocenters. The van der Waals surface area contributed by atoms with Gasteiger partial charge in [-0.15, -0.1) is 0 Å². The molecule has 0 aliphatic rings. The van der Waals surface area contributed by atoms with Crippen LogP contribution in [0.3, 0.4) is 0 Å². The molecule has 0 saturated carbocycles. The number of allylic oxidation sites excluding steroid dienone is 1. The van der Waals surface area contributed by atoms with Gasteiger partial charge in [0.15, 0.2) is 12.4 Å². The highest BCUT2D eigenvalue weighted by Crippen LogP contribution is 2.24. The van der Waals surface area contributed by atoms with E-state index in [1.54, 1.807) is 48.5 Å². The van der Waals surface area contributed by atoms with Gasteiger partial charge in [0.25, 0.3) is 5.91 Å². The second-order valence-electron chi connectivity index (χ2n) is 4.64. The van der Waals surface area contributed by atoms with Gasteiger partial charge < -0.3 is 10.5 Å². The molecular weight excluding hydrogens is 382 g/mol. The van der Waals surface area contributed by atoms with Crippen molar-refractivity contribution in [3.05, 3.63) is 69.2 Å². The van der Waals surface area contributed by atoms with Gasteiger partial charge in [0.2, 0.25) is 0 Å². The van der Waals surface area contributed by atoms with Crippen molar-refractivity contribution in [2.45, 2.75) is 0 Å². The standard InChI is InChI=1S/C17H13BrClNO3/c18-12-4-8-16(23-10-17(20)22)14(9-12)15(21)7-3-11-1-5-13(19)6-2-11/h1-9H,10H2,(H2,20,22)/b7-3+. The number of nitrogens with two attached hydrogens (primary N) is 1. The zero-order valence-electron chi connectivity index (χ0n) is 12.0. The molecule has 0 fully saturated rings. The van der Waals surface area contributed by atoms with Gasteiger partial charge in [0, 0.05) is 9.50 Å². The van der Waals surface area contributed by atoms with Crippen molar-refractivity contribution in [3.63, 3.8) is 0 Å². The smallest absolute Gasteiger partial charge is 0.255 e. The number of benzene rings is 2. The van der Waals surface area contributed by atoms with Crippen molar-refractivity contribution >= 4 is 45.3 Å². The Balaban J connectivity index is 2.21. The molecule has 118 valence electrons. The molecule has 6 heteroatoms. The molecule has 1 amide bonds. The molecule has 0 aliphatic heterocycles. The van der Waals surface area contributed by atoms with E-state index < -0.39 is 5.91 Å². The predicted octanol–water partition coefficient (Wildman–Crippen LogP) is 3.86. The van der Waals surface area contributed by atoms with Gasteiger partial charge in [-0.05, 0) is 42.0 Å². The Labute approximate surface area is 147 Å². The normalized spacial score (nSPS) is 10.7. The van der Waals surface area contributed by atoms with E-state index in [9.17, 15) is 9.59 Å². The monoisotopic (exact) mass is 393 g/mol. The maximum atomic E-state index is 12.4. The first-order chi connectivity index (χ1) is 11.0. The van der Waals surface area contributed by atoms with E-state index in [1.807, 2.05) is 0 Å². The lowest BCUT2D eigenvalue weighted by molar-refractivity contribution is -0.119. The molecule has 2 rings (SSSR count). The highest BCUT2D eigenvalue weighted by Gasteiger charge is 2.12. The van der Waals surface area contributed by atoms with E-state index in [2.05, 4.69) is 15.9 Å². The summed E-state index contributed by atoms with van der Waals surface area (Å²) < 4.78 is 6.00. The van der Waals surface area contributed by atoms with Crippen molar-refractivity contribution in [3.8, 4) is 5.75 Å².